The number of benzene rings is 3. The summed E-state index contributed by atoms with van der Waals surface area (Å²) in [7, 11) is 0. The Balaban J connectivity index is 1.11. The van der Waals surface area contributed by atoms with Crippen LogP contribution < -0.4 is 20.1 Å². The second kappa shape index (κ2) is 11.4. The first kappa shape index (κ1) is 26.5. The molecule has 0 bridgehead atoms. The van der Waals surface area contributed by atoms with E-state index in [4.69, 9.17) is 14.5 Å². The van der Waals surface area contributed by atoms with Crippen LogP contribution in [0.1, 0.15) is 24.0 Å². The van der Waals surface area contributed by atoms with Gasteiger partial charge in [0.15, 0.2) is 16.7 Å². The van der Waals surface area contributed by atoms with Crippen LogP contribution in [0.15, 0.2) is 76.7 Å². The summed E-state index contributed by atoms with van der Waals surface area (Å²) in [5.74, 6) is 0.459. The van der Waals surface area contributed by atoms with Crippen molar-refractivity contribution >= 4 is 51.9 Å². The van der Waals surface area contributed by atoms with Crippen molar-refractivity contribution in [2.45, 2.75) is 25.4 Å². The van der Waals surface area contributed by atoms with Crippen LogP contribution in [0.3, 0.4) is 0 Å². The third kappa shape index (κ3) is 5.78. The number of amides is 3. The number of carbonyl (C=O) groups is 3. The fourth-order valence-corrected chi connectivity index (χ4v) is 5.49. The van der Waals surface area contributed by atoms with Gasteiger partial charge in [-0.25, -0.2) is 9.38 Å². The molecular weight excluding hydrogens is 549 g/mol. The van der Waals surface area contributed by atoms with E-state index in [-0.39, 0.29) is 43.1 Å². The van der Waals surface area contributed by atoms with E-state index in [2.05, 4.69) is 15.6 Å². The van der Waals surface area contributed by atoms with Gasteiger partial charge >= 0.3 is 0 Å². The van der Waals surface area contributed by atoms with Crippen LogP contribution in [0.25, 0.3) is 0 Å². The molecule has 12 heteroatoms. The number of para-hydroxylation sites is 1. The highest BCUT2D eigenvalue weighted by molar-refractivity contribution is 8.14. The standard InChI is InChI=1S/C29H24FN5O5S/c30-18-6-8-19(9-7-18)32-26(37)15-41-29-33-21-4-2-1-3-20(21)27-34-28(38)22(35(27)29)10-12-25(36)31-14-17-5-11-23-24(13-17)40-16-39-23/h1-9,11,13,22H,10,12,14-16H2,(H,31,36)(H,32,37). The third-order valence-electron chi connectivity index (χ3n) is 6.64. The van der Waals surface area contributed by atoms with E-state index < -0.39 is 11.9 Å². The number of nitrogens with one attached hydrogen (secondary N) is 2. The minimum absolute atomic E-state index is 0.000907. The number of anilines is 1. The number of hydrogen-bond acceptors (Lipinski definition) is 8. The van der Waals surface area contributed by atoms with Gasteiger partial charge in [-0.2, -0.15) is 4.99 Å². The number of amidine groups is 2. The molecule has 0 saturated carbocycles. The van der Waals surface area contributed by atoms with Crippen LogP contribution >= 0.6 is 11.8 Å². The van der Waals surface area contributed by atoms with Crippen LogP contribution in [0.5, 0.6) is 11.5 Å². The molecule has 0 radical (unpaired) electrons. The Morgan fingerprint density at radius 3 is 2.66 bits per heavy atom. The maximum Gasteiger partial charge on any atom is 0.270 e. The first-order valence-corrected chi connectivity index (χ1v) is 13.9. The minimum Gasteiger partial charge on any atom is -0.454 e. The number of carbonyl (C=O) groups excluding carboxylic acids is 3. The second-order valence-electron chi connectivity index (χ2n) is 9.42. The highest BCUT2D eigenvalue weighted by Crippen LogP contribution is 2.35. The lowest BCUT2D eigenvalue weighted by Crippen LogP contribution is -2.44. The van der Waals surface area contributed by atoms with Crippen molar-refractivity contribution in [2.24, 2.45) is 9.98 Å². The topological polar surface area (TPSA) is 122 Å². The van der Waals surface area contributed by atoms with E-state index in [1.807, 2.05) is 36.4 Å². The fourth-order valence-electron chi connectivity index (χ4n) is 4.64. The third-order valence-corrected chi connectivity index (χ3v) is 7.59. The molecule has 3 aromatic carbocycles. The first-order valence-electron chi connectivity index (χ1n) is 12.9. The van der Waals surface area contributed by atoms with Crippen LogP contribution in [0, 0.1) is 5.82 Å². The predicted octanol–water partition coefficient (Wildman–Crippen LogP) is 3.98. The maximum absolute atomic E-state index is 13.2. The Morgan fingerprint density at radius 2 is 1.80 bits per heavy atom. The van der Waals surface area contributed by atoms with Crippen LogP contribution in [0.4, 0.5) is 15.8 Å². The van der Waals surface area contributed by atoms with E-state index in [1.165, 1.54) is 24.3 Å². The van der Waals surface area contributed by atoms with Gasteiger partial charge in [-0.3, -0.25) is 19.3 Å². The fraction of sp³-hybridized carbons (Fsp3) is 0.207. The van der Waals surface area contributed by atoms with Gasteiger partial charge in [-0.15, -0.1) is 0 Å². The van der Waals surface area contributed by atoms with E-state index in [9.17, 15) is 18.8 Å². The first-order chi connectivity index (χ1) is 19.9. The van der Waals surface area contributed by atoms with Gasteiger partial charge in [0, 0.05) is 24.2 Å². The van der Waals surface area contributed by atoms with Crippen LogP contribution in [-0.2, 0) is 20.9 Å². The number of hydrogen-bond donors (Lipinski definition) is 2. The molecule has 41 heavy (non-hydrogen) atoms. The second-order valence-corrected chi connectivity index (χ2v) is 10.4. The van der Waals surface area contributed by atoms with Gasteiger partial charge in [-0.05, 0) is 60.5 Å². The molecule has 208 valence electrons. The number of rotatable bonds is 8. The Kier molecular flexibility index (Phi) is 7.38. The molecule has 2 N–H and O–H groups in total. The normalized spacial score (nSPS) is 16.5. The number of thioether (sulfide) groups is 1. The van der Waals surface area contributed by atoms with E-state index >= 15 is 0 Å². The lowest BCUT2D eigenvalue weighted by molar-refractivity contribution is -0.122. The smallest absolute Gasteiger partial charge is 0.270 e. The molecule has 0 aromatic heterocycles. The molecule has 3 heterocycles. The number of halogens is 1. The lowest BCUT2D eigenvalue weighted by atomic mass is 10.1. The summed E-state index contributed by atoms with van der Waals surface area (Å²) in [5, 5.41) is 6.04. The molecule has 0 fully saturated rings. The molecule has 1 atom stereocenters. The number of ether oxygens (including phenoxy) is 2. The summed E-state index contributed by atoms with van der Waals surface area (Å²) in [5.41, 5.74) is 2.67. The van der Waals surface area contributed by atoms with Gasteiger partial charge in [0.1, 0.15) is 17.7 Å². The Labute approximate surface area is 238 Å². The van der Waals surface area contributed by atoms with Crippen molar-refractivity contribution in [3.05, 3.63) is 83.7 Å². The quantitative estimate of drug-likeness (QED) is 0.418. The highest BCUT2D eigenvalue weighted by atomic mass is 32.2. The lowest BCUT2D eigenvalue weighted by Gasteiger charge is -2.31. The average molecular weight is 574 g/mol. The SMILES string of the molecule is O=C(CCC1C(=O)N=C2c3ccccc3N=C(SCC(=O)Nc3ccc(F)cc3)N21)NCc1ccc2c(c1)OCO2. The maximum atomic E-state index is 13.2. The van der Waals surface area contributed by atoms with Crippen molar-refractivity contribution in [3.8, 4) is 11.5 Å². The number of nitrogens with zero attached hydrogens (tertiary/aromatic N) is 3. The van der Waals surface area contributed by atoms with Gasteiger partial charge in [0.25, 0.3) is 5.91 Å². The zero-order valence-electron chi connectivity index (χ0n) is 21.6. The minimum atomic E-state index is -0.735. The summed E-state index contributed by atoms with van der Waals surface area (Å²) >= 11 is 1.16. The van der Waals surface area contributed by atoms with Crippen molar-refractivity contribution in [1.82, 2.24) is 10.2 Å². The molecule has 0 spiro atoms. The molecule has 3 aliphatic rings. The highest BCUT2D eigenvalue weighted by Gasteiger charge is 2.41. The molecule has 3 amide bonds. The Bertz CT molecular complexity index is 1590. The van der Waals surface area contributed by atoms with Crippen molar-refractivity contribution in [3.63, 3.8) is 0 Å². The predicted molar refractivity (Wildman–Crippen MR) is 152 cm³/mol. The zero-order valence-corrected chi connectivity index (χ0v) is 22.4. The molecule has 0 aliphatic carbocycles. The van der Waals surface area contributed by atoms with Gasteiger partial charge in [0.2, 0.25) is 18.6 Å². The van der Waals surface area contributed by atoms with Crippen molar-refractivity contribution < 1.29 is 28.2 Å². The summed E-state index contributed by atoms with van der Waals surface area (Å²) in [6, 6.07) is 17.5. The van der Waals surface area contributed by atoms with Gasteiger partial charge < -0.3 is 20.1 Å². The summed E-state index contributed by atoms with van der Waals surface area (Å²) in [6.45, 7) is 0.479. The molecule has 3 aliphatic heterocycles. The largest absolute Gasteiger partial charge is 0.454 e. The molecule has 3 aromatic rings. The van der Waals surface area contributed by atoms with Gasteiger partial charge in [0.05, 0.1) is 11.4 Å². The number of fused-ring (bicyclic) bond motifs is 4. The monoisotopic (exact) mass is 573 g/mol. The number of aliphatic imine (C=N–C) groups is 2. The molecule has 10 nitrogen and oxygen atoms in total. The Morgan fingerprint density at radius 1 is 1.00 bits per heavy atom. The van der Waals surface area contributed by atoms with Gasteiger partial charge in [-0.1, -0.05) is 30.0 Å². The average Bonchev–Trinajstić information content (AvgIpc) is 3.58. The van der Waals surface area contributed by atoms with E-state index in [1.54, 1.807) is 11.0 Å². The van der Waals surface area contributed by atoms with E-state index in [0.29, 0.717) is 46.0 Å². The molecule has 1 unspecified atom stereocenters. The summed E-state index contributed by atoms with van der Waals surface area (Å²) in [4.78, 5) is 49.1. The van der Waals surface area contributed by atoms with E-state index in [0.717, 1.165) is 17.3 Å². The summed E-state index contributed by atoms with van der Waals surface area (Å²) in [6.07, 6.45) is 0.299. The molecule has 0 saturated heterocycles. The molecule has 6 rings (SSSR count). The Hall–Kier alpha value is -4.71. The van der Waals surface area contributed by atoms with Crippen molar-refractivity contribution in [1.29, 1.82) is 0 Å². The van der Waals surface area contributed by atoms with Crippen LogP contribution in [0.2, 0.25) is 0 Å². The zero-order chi connectivity index (χ0) is 28.3. The van der Waals surface area contributed by atoms with Crippen molar-refractivity contribution in [2.75, 3.05) is 17.9 Å². The molecular formula is C29H24FN5O5S. The summed E-state index contributed by atoms with van der Waals surface area (Å²) < 4.78 is 23.9. The van der Waals surface area contributed by atoms with Crippen LogP contribution in [-0.4, -0.2) is 52.2 Å².